The lowest BCUT2D eigenvalue weighted by atomic mass is 9.96. The maximum Gasteiger partial charge on any atom is 0.408 e. The number of carbonyl (C=O) groups is 3. The number of ether oxygens (including phenoxy) is 1. The van der Waals surface area contributed by atoms with Crippen LogP contribution in [0.2, 0.25) is 0 Å². The van der Waals surface area contributed by atoms with Crippen molar-refractivity contribution < 1.29 is 19.1 Å². The van der Waals surface area contributed by atoms with Crippen molar-refractivity contribution >= 4 is 17.9 Å². The van der Waals surface area contributed by atoms with Crippen LogP contribution in [0.5, 0.6) is 0 Å². The van der Waals surface area contributed by atoms with Crippen LogP contribution in [0.3, 0.4) is 0 Å². The van der Waals surface area contributed by atoms with Crippen molar-refractivity contribution in [1.82, 2.24) is 15.5 Å². The second kappa shape index (κ2) is 16.0. The van der Waals surface area contributed by atoms with E-state index in [1.807, 2.05) is 75.4 Å². The summed E-state index contributed by atoms with van der Waals surface area (Å²) in [5, 5.41) is 5.89. The second-order valence-corrected chi connectivity index (χ2v) is 11.9. The highest BCUT2D eigenvalue weighted by molar-refractivity contribution is 5.92. The zero-order chi connectivity index (χ0) is 29.7. The summed E-state index contributed by atoms with van der Waals surface area (Å²) in [6.07, 6.45) is 3.59. The van der Waals surface area contributed by atoms with E-state index in [1.54, 1.807) is 25.7 Å². The maximum absolute atomic E-state index is 14.3. The van der Waals surface area contributed by atoms with Gasteiger partial charge in [-0.05, 0) is 63.1 Å². The first-order valence-electron chi connectivity index (χ1n) is 14.6. The third kappa shape index (κ3) is 11.0. The quantitative estimate of drug-likeness (QED) is 0.256. The molecule has 0 heterocycles. The number of hydrogen-bond acceptors (Lipinski definition) is 4. The number of carbonyl (C=O) groups excluding carboxylic acids is 3. The molecule has 2 aromatic rings. The lowest BCUT2D eigenvalue weighted by Gasteiger charge is -2.35. The third-order valence-electron chi connectivity index (χ3n) is 6.58. The Kier molecular flexibility index (Phi) is 13.2. The van der Waals surface area contributed by atoms with Gasteiger partial charge in [0.05, 0.1) is 0 Å². The molecule has 2 rings (SSSR count). The molecule has 0 bridgehead atoms. The summed E-state index contributed by atoms with van der Waals surface area (Å²) in [5.41, 5.74) is 1.98. The van der Waals surface area contributed by atoms with E-state index in [0.29, 0.717) is 19.5 Å². The number of hydrogen-bond donors (Lipinski definition) is 2. The van der Waals surface area contributed by atoms with Gasteiger partial charge in [0.15, 0.2) is 0 Å². The lowest BCUT2D eigenvalue weighted by Crippen LogP contribution is -2.53. The van der Waals surface area contributed by atoms with Crippen molar-refractivity contribution in [1.29, 1.82) is 0 Å². The smallest absolute Gasteiger partial charge is 0.408 e. The SMILES string of the molecule is CCCCCCN(C(=O)C(CC(C)C)NC(=O)OC(C)(C)C)C(C(=O)NCc1ccccc1)c1ccccc1C. The molecule has 0 spiro atoms. The van der Waals surface area contributed by atoms with Gasteiger partial charge in [-0.3, -0.25) is 9.59 Å². The highest BCUT2D eigenvalue weighted by atomic mass is 16.6. The molecule has 2 aromatic carbocycles. The van der Waals surface area contributed by atoms with Gasteiger partial charge in [-0.15, -0.1) is 0 Å². The third-order valence-corrected chi connectivity index (χ3v) is 6.58. The van der Waals surface area contributed by atoms with E-state index < -0.39 is 23.8 Å². The van der Waals surface area contributed by atoms with Crippen LogP contribution in [0, 0.1) is 12.8 Å². The van der Waals surface area contributed by atoms with Crippen molar-refractivity contribution in [2.75, 3.05) is 6.54 Å². The number of rotatable bonds is 14. The van der Waals surface area contributed by atoms with Crippen LogP contribution in [0.1, 0.15) is 96.4 Å². The van der Waals surface area contributed by atoms with Gasteiger partial charge >= 0.3 is 6.09 Å². The predicted octanol–water partition coefficient (Wildman–Crippen LogP) is 6.70. The Morgan fingerprint density at radius 1 is 0.925 bits per heavy atom. The summed E-state index contributed by atoms with van der Waals surface area (Å²) < 4.78 is 5.49. The Bertz CT molecular complexity index is 1080. The van der Waals surface area contributed by atoms with Crippen LogP contribution >= 0.6 is 0 Å². The summed E-state index contributed by atoms with van der Waals surface area (Å²) in [4.78, 5) is 42.7. The maximum atomic E-state index is 14.3. The molecule has 0 aliphatic carbocycles. The molecule has 0 aliphatic rings. The average Bonchev–Trinajstić information content (AvgIpc) is 2.88. The Morgan fingerprint density at radius 2 is 1.57 bits per heavy atom. The van der Waals surface area contributed by atoms with Gasteiger partial charge in [0.1, 0.15) is 17.7 Å². The molecular weight excluding hydrogens is 502 g/mol. The lowest BCUT2D eigenvalue weighted by molar-refractivity contribution is -0.143. The van der Waals surface area contributed by atoms with Crippen LogP contribution in [-0.2, 0) is 20.9 Å². The summed E-state index contributed by atoms with van der Waals surface area (Å²) in [7, 11) is 0. The second-order valence-electron chi connectivity index (χ2n) is 11.9. The van der Waals surface area contributed by atoms with Crippen LogP contribution < -0.4 is 10.6 Å². The number of benzene rings is 2. The minimum atomic E-state index is -0.839. The Balaban J connectivity index is 2.48. The first kappa shape index (κ1) is 32.9. The van der Waals surface area contributed by atoms with Crippen LogP contribution in [0.15, 0.2) is 54.6 Å². The van der Waals surface area contributed by atoms with Gasteiger partial charge in [0, 0.05) is 13.1 Å². The topological polar surface area (TPSA) is 87.7 Å². The van der Waals surface area contributed by atoms with Gasteiger partial charge < -0.3 is 20.3 Å². The normalized spacial score (nSPS) is 12.9. The molecule has 2 atom stereocenters. The molecule has 0 radical (unpaired) electrons. The van der Waals surface area contributed by atoms with Gasteiger partial charge in [0.2, 0.25) is 11.8 Å². The first-order valence-corrected chi connectivity index (χ1v) is 14.6. The molecule has 0 fully saturated rings. The molecule has 0 aliphatic heterocycles. The molecule has 2 unspecified atom stereocenters. The highest BCUT2D eigenvalue weighted by Crippen LogP contribution is 2.27. The molecule has 7 nitrogen and oxygen atoms in total. The zero-order valence-corrected chi connectivity index (χ0v) is 25.5. The number of amides is 3. The standard InChI is InChI=1S/C33H49N3O4/c1-8-9-10-16-21-36(31(38)28(22-24(2)3)35-32(39)40-33(5,6)7)29(27-20-15-14-17-25(27)4)30(37)34-23-26-18-12-11-13-19-26/h11-15,17-20,24,28-29H,8-10,16,21-23H2,1-7H3,(H,34,37)(H,35,39). The Hall–Kier alpha value is -3.35. The first-order chi connectivity index (χ1) is 18.9. The van der Waals surface area contributed by atoms with E-state index in [2.05, 4.69) is 17.6 Å². The fourth-order valence-corrected chi connectivity index (χ4v) is 4.64. The van der Waals surface area contributed by atoms with Crippen LogP contribution in [0.25, 0.3) is 0 Å². The summed E-state index contributed by atoms with van der Waals surface area (Å²) >= 11 is 0. The van der Waals surface area contributed by atoms with Gasteiger partial charge in [-0.1, -0.05) is 94.6 Å². The molecule has 7 heteroatoms. The number of nitrogens with one attached hydrogen (secondary N) is 2. The minimum absolute atomic E-state index is 0.134. The van der Waals surface area contributed by atoms with Crippen LogP contribution in [-0.4, -0.2) is 41.0 Å². The monoisotopic (exact) mass is 551 g/mol. The fraction of sp³-hybridized carbons (Fsp3) is 0.545. The summed E-state index contributed by atoms with van der Waals surface area (Å²) in [6, 6.07) is 15.7. The van der Waals surface area contributed by atoms with Crippen LogP contribution in [0.4, 0.5) is 4.79 Å². The molecule has 0 saturated heterocycles. The molecule has 2 N–H and O–H groups in total. The average molecular weight is 552 g/mol. The molecule has 40 heavy (non-hydrogen) atoms. The van der Waals surface area contributed by atoms with E-state index >= 15 is 0 Å². The molecule has 3 amide bonds. The number of nitrogens with zero attached hydrogens (tertiary/aromatic N) is 1. The molecule has 0 saturated carbocycles. The van der Waals surface area contributed by atoms with E-state index in [9.17, 15) is 14.4 Å². The summed E-state index contributed by atoms with van der Waals surface area (Å²) in [6.45, 7) is 14.2. The largest absolute Gasteiger partial charge is 0.444 e. The van der Waals surface area contributed by atoms with Crippen molar-refractivity contribution in [3.63, 3.8) is 0 Å². The Labute approximate surface area is 241 Å². The molecule has 0 aromatic heterocycles. The van der Waals surface area contributed by atoms with E-state index in [0.717, 1.165) is 42.4 Å². The summed E-state index contributed by atoms with van der Waals surface area (Å²) in [5.74, 6) is -0.392. The van der Waals surface area contributed by atoms with Crippen molar-refractivity contribution in [3.8, 4) is 0 Å². The molecular formula is C33H49N3O4. The van der Waals surface area contributed by atoms with Gasteiger partial charge in [-0.2, -0.15) is 0 Å². The fourth-order valence-electron chi connectivity index (χ4n) is 4.64. The number of aryl methyl sites for hydroxylation is 1. The van der Waals surface area contributed by atoms with E-state index in [4.69, 9.17) is 4.74 Å². The highest BCUT2D eigenvalue weighted by Gasteiger charge is 2.36. The zero-order valence-electron chi connectivity index (χ0n) is 25.5. The van der Waals surface area contributed by atoms with Gasteiger partial charge in [0.25, 0.3) is 0 Å². The number of alkyl carbamates (subject to hydrolysis) is 1. The van der Waals surface area contributed by atoms with Crippen molar-refractivity contribution in [2.24, 2.45) is 5.92 Å². The van der Waals surface area contributed by atoms with E-state index in [1.165, 1.54) is 0 Å². The Morgan fingerprint density at radius 3 is 2.17 bits per heavy atom. The molecule has 220 valence electrons. The van der Waals surface area contributed by atoms with E-state index in [-0.39, 0.29) is 17.7 Å². The van der Waals surface area contributed by atoms with Gasteiger partial charge in [-0.25, -0.2) is 4.79 Å². The van der Waals surface area contributed by atoms with Crippen molar-refractivity contribution in [2.45, 2.75) is 105 Å². The number of unbranched alkanes of at least 4 members (excludes halogenated alkanes) is 3. The minimum Gasteiger partial charge on any atom is -0.444 e. The predicted molar refractivity (Wildman–Crippen MR) is 161 cm³/mol. The van der Waals surface area contributed by atoms with Crippen molar-refractivity contribution in [3.05, 3.63) is 71.3 Å².